The standard InChI is InChI=1S/C16H21N3O2/c1-12-6-5-9-19-11-13(17-15(12)19)10-18-8-4-3-7-14(18)16(20)21-2/h5-6,9,11,14H,3-4,7-8,10H2,1-2H3. The van der Waals surface area contributed by atoms with E-state index >= 15 is 0 Å². The van der Waals surface area contributed by atoms with Crippen LogP contribution in [0.2, 0.25) is 0 Å². The first kappa shape index (κ1) is 14.1. The van der Waals surface area contributed by atoms with Crippen LogP contribution in [0.5, 0.6) is 0 Å². The molecule has 21 heavy (non-hydrogen) atoms. The Kier molecular flexibility index (Phi) is 3.92. The fourth-order valence-electron chi connectivity index (χ4n) is 3.07. The number of likely N-dealkylation sites (tertiary alicyclic amines) is 1. The first-order valence-electron chi connectivity index (χ1n) is 7.44. The highest BCUT2D eigenvalue weighted by atomic mass is 16.5. The lowest BCUT2D eigenvalue weighted by Gasteiger charge is -2.33. The van der Waals surface area contributed by atoms with Gasteiger partial charge in [0.1, 0.15) is 11.7 Å². The van der Waals surface area contributed by atoms with Crippen LogP contribution in [0.3, 0.4) is 0 Å². The van der Waals surface area contributed by atoms with Gasteiger partial charge in [0.25, 0.3) is 0 Å². The molecule has 1 fully saturated rings. The second-order valence-electron chi connectivity index (χ2n) is 5.66. The minimum Gasteiger partial charge on any atom is -0.468 e. The van der Waals surface area contributed by atoms with Crippen molar-refractivity contribution in [3.8, 4) is 0 Å². The number of aryl methyl sites for hydroxylation is 1. The molecule has 3 rings (SSSR count). The van der Waals surface area contributed by atoms with Gasteiger partial charge in [0.05, 0.1) is 12.8 Å². The summed E-state index contributed by atoms with van der Waals surface area (Å²) >= 11 is 0. The minimum atomic E-state index is -0.130. The fraction of sp³-hybridized carbons (Fsp3) is 0.500. The predicted octanol–water partition coefficient (Wildman–Crippen LogP) is 2.17. The number of rotatable bonds is 3. The molecule has 1 unspecified atom stereocenters. The molecule has 0 amide bonds. The summed E-state index contributed by atoms with van der Waals surface area (Å²) in [7, 11) is 1.46. The molecule has 112 valence electrons. The topological polar surface area (TPSA) is 46.8 Å². The lowest BCUT2D eigenvalue weighted by Crippen LogP contribution is -2.44. The molecule has 5 nitrogen and oxygen atoms in total. The Morgan fingerprint density at radius 2 is 2.33 bits per heavy atom. The van der Waals surface area contributed by atoms with Gasteiger partial charge in [-0.2, -0.15) is 0 Å². The molecule has 1 aliphatic rings. The molecular weight excluding hydrogens is 266 g/mol. The predicted molar refractivity (Wildman–Crippen MR) is 80.0 cm³/mol. The second kappa shape index (κ2) is 5.85. The maximum atomic E-state index is 11.9. The number of aromatic nitrogens is 2. The van der Waals surface area contributed by atoms with E-state index in [1.54, 1.807) is 0 Å². The smallest absolute Gasteiger partial charge is 0.323 e. The van der Waals surface area contributed by atoms with Crippen LogP contribution in [0.4, 0.5) is 0 Å². The van der Waals surface area contributed by atoms with E-state index in [0.717, 1.165) is 42.7 Å². The zero-order valence-corrected chi connectivity index (χ0v) is 12.6. The number of nitrogens with zero attached hydrogens (tertiary/aromatic N) is 3. The molecule has 1 aliphatic heterocycles. The van der Waals surface area contributed by atoms with Crippen molar-refractivity contribution < 1.29 is 9.53 Å². The molecule has 0 bridgehead atoms. The summed E-state index contributed by atoms with van der Waals surface area (Å²) in [5.74, 6) is -0.130. The van der Waals surface area contributed by atoms with Crippen LogP contribution in [-0.4, -0.2) is 40.0 Å². The highest BCUT2D eigenvalue weighted by Crippen LogP contribution is 2.21. The van der Waals surface area contributed by atoms with Crippen molar-refractivity contribution in [2.24, 2.45) is 0 Å². The SMILES string of the molecule is COC(=O)C1CCCCN1Cc1cn2cccc(C)c2n1. The Bertz CT molecular complexity index is 650. The maximum Gasteiger partial charge on any atom is 0.323 e. The van der Waals surface area contributed by atoms with Gasteiger partial charge in [-0.15, -0.1) is 0 Å². The lowest BCUT2D eigenvalue weighted by atomic mass is 10.0. The van der Waals surface area contributed by atoms with Crippen LogP contribution in [0, 0.1) is 6.92 Å². The lowest BCUT2D eigenvalue weighted by molar-refractivity contribution is -0.148. The number of imidazole rings is 1. The molecule has 5 heteroatoms. The van der Waals surface area contributed by atoms with E-state index in [1.807, 2.05) is 22.9 Å². The maximum absolute atomic E-state index is 11.9. The van der Waals surface area contributed by atoms with Gasteiger partial charge in [0, 0.05) is 18.9 Å². The van der Waals surface area contributed by atoms with Crippen molar-refractivity contribution in [2.75, 3.05) is 13.7 Å². The van der Waals surface area contributed by atoms with E-state index in [0.29, 0.717) is 6.54 Å². The molecular formula is C16H21N3O2. The highest BCUT2D eigenvalue weighted by Gasteiger charge is 2.29. The molecule has 0 radical (unpaired) electrons. The summed E-state index contributed by atoms with van der Waals surface area (Å²) in [6.07, 6.45) is 7.14. The average Bonchev–Trinajstić information content (AvgIpc) is 2.91. The quantitative estimate of drug-likeness (QED) is 0.812. The third-order valence-electron chi connectivity index (χ3n) is 4.18. The Hall–Kier alpha value is -1.88. The van der Waals surface area contributed by atoms with Crippen molar-refractivity contribution in [1.82, 2.24) is 14.3 Å². The first-order chi connectivity index (χ1) is 10.2. The number of pyridine rings is 1. The molecule has 0 N–H and O–H groups in total. The van der Waals surface area contributed by atoms with E-state index in [-0.39, 0.29) is 12.0 Å². The van der Waals surface area contributed by atoms with E-state index in [1.165, 1.54) is 7.11 Å². The van der Waals surface area contributed by atoms with Crippen molar-refractivity contribution in [3.63, 3.8) is 0 Å². The van der Waals surface area contributed by atoms with Crippen LogP contribution in [0.25, 0.3) is 5.65 Å². The van der Waals surface area contributed by atoms with Gasteiger partial charge >= 0.3 is 5.97 Å². The monoisotopic (exact) mass is 287 g/mol. The Morgan fingerprint density at radius 1 is 1.48 bits per heavy atom. The molecule has 1 atom stereocenters. The number of ether oxygens (including phenoxy) is 1. The number of piperidine rings is 1. The largest absolute Gasteiger partial charge is 0.468 e. The molecule has 2 aromatic heterocycles. The summed E-state index contributed by atoms with van der Waals surface area (Å²) in [4.78, 5) is 18.8. The third-order valence-corrected chi connectivity index (χ3v) is 4.18. The number of carbonyl (C=O) groups is 1. The second-order valence-corrected chi connectivity index (χ2v) is 5.66. The van der Waals surface area contributed by atoms with Gasteiger partial charge < -0.3 is 9.14 Å². The summed E-state index contributed by atoms with van der Waals surface area (Å²) in [6.45, 7) is 3.68. The van der Waals surface area contributed by atoms with Crippen LogP contribution < -0.4 is 0 Å². The van der Waals surface area contributed by atoms with Crippen molar-refractivity contribution >= 4 is 11.6 Å². The zero-order chi connectivity index (χ0) is 14.8. The van der Waals surface area contributed by atoms with Crippen molar-refractivity contribution in [1.29, 1.82) is 0 Å². The Balaban J connectivity index is 1.82. The van der Waals surface area contributed by atoms with Gasteiger partial charge in [-0.3, -0.25) is 9.69 Å². The van der Waals surface area contributed by atoms with Crippen LogP contribution in [0.1, 0.15) is 30.5 Å². The summed E-state index contributed by atoms with van der Waals surface area (Å²) in [6, 6.07) is 3.95. The third kappa shape index (κ3) is 2.78. The average molecular weight is 287 g/mol. The number of esters is 1. The van der Waals surface area contributed by atoms with Gasteiger partial charge in [0.2, 0.25) is 0 Å². The van der Waals surface area contributed by atoms with Gasteiger partial charge in [-0.05, 0) is 37.9 Å². The molecule has 1 saturated heterocycles. The van der Waals surface area contributed by atoms with E-state index < -0.39 is 0 Å². The molecule has 2 aromatic rings. The first-order valence-corrected chi connectivity index (χ1v) is 7.44. The number of methoxy groups -OCH3 is 1. The molecule has 0 aromatic carbocycles. The van der Waals surface area contributed by atoms with Crippen LogP contribution in [-0.2, 0) is 16.1 Å². The summed E-state index contributed by atoms with van der Waals surface area (Å²) < 4.78 is 6.97. The molecule has 0 spiro atoms. The summed E-state index contributed by atoms with van der Waals surface area (Å²) in [5.41, 5.74) is 3.14. The Morgan fingerprint density at radius 3 is 3.10 bits per heavy atom. The highest BCUT2D eigenvalue weighted by molar-refractivity contribution is 5.75. The van der Waals surface area contributed by atoms with Gasteiger partial charge in [0.15, 0.2) is 0 Å². The van der Waals surface area contributed by atoms with Gasteiger partial charge in [-0.25, -0.2) is 4.98 Å². The van der Waals surface area contributed by atoms with E-state index in [2.05, 4.69) is 17.9 Å². The molecule has 3 heterocycles. The molecule has 0 aliphatic carbocycles. The molecule has 0 saturated carbocycles. The number of carbonyl (C=O) groups excluding carboxylic acids is 1. The zero-order valence-electron chi connectivity index (χ0n) is 12.6. The van der Waals surface area contributed by atoms with E-state index in [4.69, 9.17) is 9.72 Å². The number of hydrogen-bond acceptors (Lipinski definition) is 4. The van der Waals surface area contributed by atoms with Crippen molar-refractivity contribution in [2.45, 2.75) is 38.8 Å². The fourth-order valence-corrected chi connectivity index (χ4v) is 3.07. The number of fused-ring (bicyclic) bond motifs is 1. The minimum absolute atomic E-state index is 0.130. The van der Waals surface area contributed by atoms with Gasteiger partial charge in [-0.1, -0.05) is 12.5 Å². The van der Waals surface area contributed by atoms with Crippen molar-refractivity contribution in [3.05, 3.63) is 35.8 Å². The normalized spacial score (nSPS) is 19.8. The van der Waals surface area contributed by atoms with Crippen LogP contribution >= 0.6 is 0 Å². The Labute approximate surface area is 124 Å². The van der Waals surface area contributed by atoms with E-state index in [9.17, 15) is 4.79 Å². The summed E-state index contributed by atoms with van der Waals surface area (Å²) in [5, 5.41) is 0. The van der Waals surface area contributed by atoms with Crippen LogP contribution in [0.15, 0.2) is 24.5 Å². The number of hydrogen-bond donors (Lipinski definition) is 0.